The van der Waals surface area contributed by atoms with Crippen molar-refractivity contribution in [3.63, 3.8) is 0 Å². The molecule has 53 heavy (non-hydrogen) atoms. The number of benzene rings is 1. The van der Waals surface area contributed by atoms with Crippen LogP contribution in [0.3, 0.4) is 0 Å². The first kappa shape index (κ1) is 40.2. The van der Waals surface area contributed by atoms with Crippen molar-refractivity contribution in [1.82, 2.24) is 19.9 Å². The maximum atomic E-state index is 14.0. The van der Waals surface area contributed by atoms with Gasteiger partial charge in [0.05, 0.1) is 35.1 Å². The fourth-order valence-corrected chi connectivity index (χ4v) is 8.70. The van der Waals surface area contributed by atoms with Crippen LogP contribution in [-0.4, -0.2) is 56.0 Å². The van der Waals surface area contributed by atoms with Gasteiger partial charge in [0.2, 0.25) is 5.43 Å². The van der Waals surface area contributed by atoms with E-state index in [2.05, 4.69) is 15.6 Å². The smallest absolute Gasteiger partial charge is 0.475 e. The first-order chi connectivity index (χ1) is 24.8. The SMILES string of the molecule is CCNC(=O)Nc1cc(-c2nc(C3CC3)cs2)c(-c2ccc3c(c2)c(=O)c(C(=O)O)cn3C(COP(=O)(OC(C)(C)C)OC(C)(C)C)CC(C)C)cn1. The molecule has 1 aliphatic rings. The number of carboxylic acid groups (broad SMARTS) is 1. The molecule has 0 bridgehead atoms. The van der Waals surface area contributed by atoms with Gasteiger partial charge in [-0.3, -0.25) is 23.7 Å². The Morgan fingerprint density at radius 2 is 1.75 bits per heavy atom. The maximum Gasteiger partial charge on any atom is 0.475 e. The summed E-state index contributed by atoms with van der Waals surface area (Å²) in [5.74, 6) is -0.509. The number of carboxylic acids is 1. The van der Waals surface area contributed by atoms with E-state index in [0.29, 0.717) is 46.9 Å². The average Bonchev–Trinajstić information content (AvgIpc) is 3.77. The summed E-state index contributed by atoms with van der Waals surface area (Å²) in [4.78, 5) is 48.2. The number of urea groups is 1. The summed E-state index contributed by atoms with van der Waals surface area (Å²) in [6.45, 7) is 16.6. The van der Waals surface area contributed by atoms with Crippen LogP contribution in [0.1, 0.15) is 110 Å². The van der Waals surface area contributed by atoms with Gasteiger partial charge in [-0.05, 0) is 97.4 Å². The highest BCUT2D eigenvalue weighted by Gasteiger charge is 2.38. The van der Waals surface area contributed by atoms with E-state index >= 15 is 0 Å². The van der Waals surface area contributed by atoms with Crippen LogP contribution in [0.25, 0.3) is 32.6 Å². The Morgan fingerprint density at radius 3 is 2.34 bits per heavy atom. The molecular weight excluding hydrogens is 717 g/mol. The number of phosphoric ester groups is 1. The van der Waals surface area contributed by atoms with Crippen LogP contribution < -0.4 is 16.1 Å². The standard InChI is InChI=1S/C38H50N5O8PS/c1-10-39-36(47)42-32-17-26(34-41-30(21-53-34)23-11-12-23)28(18-40-32)24-13-14-31-27(16-24)33(44)29(35(45)46)19-43(31)25(15-22(2)3)20-49-52(48,50-37(4,5)6)51-38(7,8)9/h13-14,16-19,21-23,25H,10-12,15,20H2,1-9H3,(H,45,46)(H2,39,40,42,47). The number of carbonyl (C=O) groups is 2. The van der Waals surface area contributed by atoms with Gasteiger partial charge in [0.1, 0.15) is 16.4 Å². The lowest BCUT2D eigenvalue weighted by Gasteiger charge is -2.32. The molecule has 1 fully saturated rings. The van der Waals surface area contributed by atoms with Gasteiger partial charge in [0.25, 0.3) is 0 Å². The van der Waals surface area contributed by atoms with Crippen LogP contribution in [0.2, 0.25) is 0 Å². The minimum Gasteiger partial charge on any atom is -0.477 e. The molecule has 15 heteroatoms. The molecule has 1 aliphatic carbocycles. The lowest BCUT2D eigenvalue weighted by atomic mass is 9.98. The van der Waals surface area contributed by atoms with Crippen molar-refractivity contribution in [3.05, 3.63) is 63.5 Å². The molecule has 0 aliphatic heterocycles. The summed E-state index contributed by atoms with van der Waals surface area (Å²) in [6, 6.07) is 6.07. The number of nitrogens with one attached hydrogen (secondary N) is 2. The second-order valence-electron chi connectivity index (χ2n) is 15.7. The molecule has 3 N–H and O–H groups in total. The van der Waals surface area contributed by atoms with E-state index in [9.17, 15) is 24.1 Å². The Morgan fingerprint density at radius 1 is 1.08 bits per heavy atom. The van der Waals surface area contributed by atoms with Crippen molar-refractivity contribution in [3.8, 4) is 21.7 Å². The first-order valence-corrected chi connectivity index (χ1v) is 20.2. The minimum absolute atomic E-state index is 0.107. The lowest BCUT2D eigenvalue weighted by molar-refractivity contribution is -0.00118. The van der Waals surface area contributed by atoms with Gasteiger partial charge in [-0.2, -0.15) is 0 Å². The highest BCUT2D eigenvalue weighted by atomic mass is 32.1. The molecule has 1 saturated carbocycles. The Hall–Kier alpha value is -3.94. The fourth-order valence-electron chi connectivity index (χ4n) is 5.93. The van der Waals surface area contributed by atoms with Gasteiger partial charge in [-0.1, -0.05) is 19.9 Å². The molecule has 0 saturated heterocycles. The number of hydrogen-bond donors (Lipinski definition) is 3. The van der Waals surface area contributed by atoms with Crippen LogP contribution in [0.4, 0.5) is 10.6 Å². The molecule has 286 valence electrons. The van der Waals surface area contributed by atoms with Crippen LogP contribution in [0.15, 0.2) is 46.8 Å². The number of aromatic nitrogens is 3. The molecule has 3 heterocycles. The number of amides is 2. The Balaban J connectivity index is 1.63. The lowest BCUT2D eigenvalue weighted by Crippen LogP contribution is -2.28. The van der Waals surface area contributed by atoms with E-state index in [1.807, 2.05) is 32.2 Å². The largest absolute Gasteiger partial charge is 0.477 e. The fraction of sp³-hybridized carbons (Fsp3) is 0.500. The maximum absolute atomic E-state index is 14.0. The summed E-state index contributed by atoms with van der Waals surface area (Å²) in [6.07, 6.45) is 5.62. The number of carbonyl (C=O) groups excluding carboxylic acids is 1. The monoisotopic (exact) mass is 767 g/mol. The van der Waals surface area contributed by atoms with Gasteiger partial charge in [0.15, 0.2) is 0 Å². The Labute approximate surface area is 314 Å². The second-order valence-corrected chi connectivity index (χ2v) is 18.1. The average molecular weight is 768 g/mol. The number of phosphoric acid groups is 1. The van der Waals surface area contributed by atoms with Gasteiger partial charge >= 0.3 is 19.8 Å². The number of pyridine rings is 2. The number of hydrogen-bond acceptors (Lipinski definition) is 10. The molecule has 5 rings (SSSR count). The molecule has 1 atom stereocenters. The summed E-state index contributed by atoms with van der Waals surface area (Å²) in [5.41, 5.74) is 0.672. The van der Waals surface area contributed by atoms with Crippen LogP contribution >= 0.6 is 19.2 Å². The highest BCUT2D eigenvalue weighted by molar-refractivity contribution is 7.48. The normalized spacial score (nSPS) is 14.5. The zero-order valence-electron chi connectivity index (χ0n) is 31.8. The van der Waals surface area contributed by atoms with Gasteiger partial charge in [-0.15, -0.1) is 11.3 Å². The van der Waals surface area contributed by atoms with Crippen molar-refractivity contribution in [2.24, 2.45) is 5.92 Å². The summed E-state index contributed by atoms with van der Waals surface area (Å²) in [7, 11) is -4.12. The summed E-state index contributed by atoms with van der Waals surface area (Å²) < 4.78 is 33.5. The van der Waals surface area contributed by atoms with Gasteiger partial charge in [0, 0.05) is 46.7 Å². The second kappa shape index (κ2) is 15.8. The Kier molecular flexibility index (Phi) is 12.0. The van der Waals surface area contributed by atoms with Crippen molar-refractivity contribution in [1.29, 1.82) is 0 Å². The minimum atomic E-state index is -4.12. The first-order valence-electron chi connectivity index (χ1n) is 17.8. The zero-order valence-corrected chi connectivity index (χ0v) is 33.5. The molecule has 0 radical (unpaired) electrons. The summed E-state index contributed by atoms with van der Waals surface area (Å²) in [5, 5.41) is 18.6. The highest BCUT2D eigenvalue weighted by Crippen LogP contribution is 2.56. The van der Waals surface area contributed by atoms with E-state index < -0.39 is 48.1 Å². The number of anilines is 1. The van der Waals surface area contributed by atoms with E-state index in [4.69, 9.17) is 18.6 Å². The van der Waals surface area contributed by atoms with Crippen molar-refractivity contribution >= 4 is 47.9 Å². The number of fused-ring (bicyclic) bond motifs is 1. The van der Waals surface area contributed by atoms with E-state index in [-0.39, 0.29) is 17.9 Å². The van der Waals surface area contributed by atoms with Crippen molar-refractivity contribution < 1.29 is 32.8 Å². The number of nitrogens with zero attached hydrogens (tertiary/aromatic N) is 3. The van der Waals surface area contributed by atoms with Crippen LogP contribution in [-0.2, 0) is 18.1 Å². The number of aromatic carboxylic acids is 1. The molecule has 3 aromatic heterocycles. The quantitative estimate of drug-likeness (QED) is 0.105. The predicted molar refractivity (Wildman–Crippen MR) is 208 cm³/mol. The third kappa shape index (κ3) is 10.4. The van der Waals surface area contributed by atoms with Crippen molar-refractivity contribution in [2.75, 3.05) is 18.5 Å². The molecular formula is C38H50N5O8PS. The van der Waals surface area contributed by atoms with Gasteiger partial charge < -0.3 is 15.0 Å². The number of thiazole rings is 1. The molecule has 1 unspecified atom stereocenters. The predicted octanol–water partition coefficient (Wildman–Crippen LogP) is 9.25. The van der Waals surface area contributed by atoms with Gasteiger partial charge in [-0.25, -0.2) is 24.1 Å². The molecule has 4 aromatic rings. The molecule has 13 nitrogen and oxygen atoms in total. The summed E-state index contributed by atoms with van der Waals surface area (Å²) >= 11 is 1.49. The van der Waals surface area contributed by atoms with E-state index in [1.165, 1.54) is 17.5 Å². The number of rotatable bonds is 14. The molecule has 0 spiro atoms. The van der Waals surface area contributed by atoms with Crippen LogP contribution in [0, 0.1) is 5.92 Å². The van der Waals surface area contributed by atoms with Crippen LogP contribution in [0.5, 0.6) is 0 Å². The van der Waals surface area contributed by atoms with E-state index in [0.717, 1.165) is 23.5 Å². The third-order valence-corrected chi connectivity index (χ3v) is 11.0. The topological polar surface area (TPSA) is 171 Å². The molecule has 1 aromatic carbocycles. The molecule has 2 amide bonds. The zero-order chi connectivity index (χ0) is 38.9. The van der Waals surface area contributed by atoms with E-state index in [1.54, 1.807) is 70.5 Å². The van der Waals surface area contributed by atoms with Crippen molar-refractivity contribution in [2.45, 2.75) is 105 Å². The third-order valence-electron chi connectivity index (χ3n) is 8.14. The Bertz CT molecular complexity index is 2070.